The minimum atomic E-state index is -0.0312. The van der Waals surface area contributed by atoms with Crippen LogP contribution in [0.5, 0.6) is 11.5 Å². The second-order valence-electron chi connectivity index (χ2n) is 4.11. The first-order valence-corrected chi connectivity index (χ1v) is 7.11. The van der Waals surface area contributed by atoms with Crippen LogP contribution in [0.25, 0.3) is 0 Å². The van der Waals surface area contributed by atoms with Gasteiger partial charge in [-0.05, 0) is 52.7 Å². The van der Waals surface area contributed by atoms with Crippen LogP contribution in [-0.4, -0.2) is 4.98 Å². The fourth-order valence-corrected chi connectivity index (χ4v) is 2.33. The second kappa shape index (κ2) is 6.37. The summed E-state index contributed by atoms with van der Waals surface area (Å²) in [6, 6.07) is 9.07. The first-order chi connectivity index (χ1) is 9.10. The van der Waals surface area contributed by atoms with Crippen LogP contribution in [0.2, 0.25) is 5.02 Å². The van der Waals surface area contributed by atoms with E-state index in [1.54, 1.807) is 24.4 Å². The Morgan fingerprint density at radius 2 is 2.16 bits per heavy atom. The minimum Gasteiger partial charge on any atom is -0.455 e. The molecule has 0 spiro atoms. The third-order valence-corrected chi connectivity index (χ3v) is 3.56. The van der Waals surface area contributed by atoms with E-state index >= 15 is 0 Å². The molecule has 0 fully saturated rings. The smallest absolute Gasteiger partial charge is 0.145 e. The van der Waals surface area contributed by atoms with Crippen LogP contribution < -0.4 is 10.5 Å². The van der Waals surface area contributed by atoms with E-state index in [0.29, 0.717) is 16.5 Å². The average Bonchev–Trinajstić information content (AvgIpc) is 2.42. The van der Waals surface area contributed by atoms with Crippen LogP contribution in [0.15, 0.2) is 41.0 Å². The zero-order valence-electron chi connectivity index (χ0n) is 10.4. The minimum absolute atomic E-state index is 0.0312. The number of pyridine rings is 1. The number of benzene rings is 1. The van der Waals surface area contributed by atoms with Gasteiger partial charge in [0.1, 0.15) is 11.5 Å². The number of aromatic nitrogens is 1. The van der Waals surface area contributed by atoms with Gasteiger partial charge in [-0.3, -0.25) is 4.98 Å². The summed E-state index contributed by atoms with van der Waals surface area (Å²) in [4.78, 5) is 4.30. The number of hydrogen-bond donors (Lipinski definition) is 1. The van der Waals surface area contributed by atoms with Crippen molar-refractivity contribution in [2.75, 3.05) is 0 Å². The number of nitrogens with two attached hydrogens (primary N) is 1. The van der Waals surface area contributed by atoms with E-state index in [1.807, 2.05) is 19.1 Å². The van der Waals surface area contributed by atoms with E-state index in [4.69, 9.17) is 22.1 Å². The molecular weight excluding hydrogens is 328 g/mol. The van der Waals surface area contributed by atoms with Crippen molar-refractivity contribution in [1.29, 1.82) is 0 Å². The van der Waals surface area contributed by atoms with Gasteiger partial charge < -0.3 is 10.5 Å². The molecule has 0 amide bonds. The molecule has 1 aromatic heterocycles. The van der Waals surface area contributed by atoms with Gasteiger partial charge >= 0.3 is 0 Å². The normalized spacial score (nSPS) is 12.2. The highest BCUT2D eigenvalue weighted by atomic mass is 79.9. The van der Waals surface area contributed by atoms with Gasteiger partial charge in [0.05, 0.1) is 16.4 Å². The lowest BCUT2D eigenvalue weighted by molar-refractivity contribution is 0.476. The molecule has 19 heavy (non-hydrogen) atoms. The average molecular weight is 342 g/mol. The molecule has 1 atom stereocenters. The Morgan fingerprint density at radius 1 is 1.37 bits per heavy atom. The summed E-state index contributed by atoms with van der Waals surface area (Å²) >= 11 is 9.28. The quantitative estimate of drug-likeness (QED) is 0.877. The van der Waals surface area contributed by atoms with Crippen LogP contribution in [0.4, 0.5) is 0 Å². The van der Waals surface area contributed by atoms with Gasteiger partial charge in [-0.15, -0.1) is 0 Å². The van der Waals surface area contributed by atoms with Crippen LogP contribution in [0, 0.1) is 0 Å². The highest BCUT2D eigenvalue weighted by Gasteiger charge is 2.07. The van der Waals surface area contributed by atoms with Crippen molar-refractivity contribution < 1.29 is 4.74 Å². The highest BCUT2D eigenvalue weighted by Crippen LogP contribution is 2.31. The fourth-order valence-electron chi connectivity index (χ4n) is 1.57. The first kappa shape index (κ1) is 14.3. The van der Waals surface area contributed by atoms with E-state index in [0.717, 1.165) is 16.6 Å². The molecule has 1 heterocycles. The van der Waals surface area contributed by atoms with E-state index in [9.17, 15) is 0 Å². The summed E-state index contributed by atoms with van der Waals surface area (Å²) in [7, 11) is 0. The number of hydrogen-bond acceptors (Lipinski definition) is 3. The van der Waals surface area contributed by atoms with Crippen molar-refractivity contribution in [3.8, 4) is 11.5 Å². The summed E-state index contributed by atoms with van der Waals surface area (Å²) in [5, 5.41) is 0.654. The molecule has 0 aliphatic carbocycles. The van der Waals surface area contributed by atoms with Crippen molar-refractivity contribution in [2.24, 2.45) is 5.73 Å². The van der Waals surface area contributed by atoms with Crippen LogP contribution in [-0.2, 0) is 0 Å². The summed E-state index contributed by atoms with van der Waals surface area (Å²) in [6.07, 6.45) is 2.53. The Balaban J connectivity index is 2.15. The molecule has 2 aromatic rings. The Bertz CT molecular complexity index is 560. The van der Waals surface area contributed by atoms with E-state index in [1.165, 1.54) is 0 Å². The Hall–Kier alpha value is -1.10. The predicted molar refractivity (Wildman–Crippen MR) is 80.7 cm³/mol. The summed E-state index contributed by atoms with van der Waals surface area (Å²) < 4.78 is 6.52. The second-order valence-corrected chi connectivity index (χ2v) is 5.40. The molecule has 0 radical (unpaired) electrons. The maximum Gasteiger partial charge on any atom is 0.145 e. The largest absolute Gasteiger partial charge is 0.455 e. The Morgan fingerprint density at radius 3 is 2.74 bits per heavy atom. The van der Waals surface area contributed by atoms with Crippen molar-refractivity contribution in [3.63, 3.8) is 0 Å². The lowest BCUT2D eigenvalue weighted by Crippen LogP contribution is -2.10. The molecule has 2 rings (SSSR count). The molecule has 0 aliphatic heterocycles. The van der Waals surface area contributed by atoms with E-state index < -0.39 is 0 Å². The third kappa shape index (κ3) is 3.69. The maximum atomic E-state index is 5.91. The van der Waals surface area contributed by atoms with E-state index in [-0.39, 0.29) is 6.04 Å². The first-order valence-electron chi connectivity index (χ1n) is 5.94. The zero-order valence-corrected chi connectivity index (χ0v) is 12.8. The van der Waals surface area contributed by atoms with Gasteiger partial charge in [0.2, 0.25) is 0 Å². The van der Waals surface area contributed by atoms with E-state index in [2.05, 4.69) is 20.9 Å². The monoisotopic (exact) mass is 340 g/mol. The summed E-state index contributed by atoms with van der Waals surface area (Å²) in [5.74, 6) is 1.36. The molecule has 3 nitrogen and oxygen atoms in total. The van der Waals surface area contributed by atoms with Crippen molar-refractivity contribution in [2.45, 2.75) is 19.4 Å². The zero-order chi connectivity index (χ0) is 13.8. The molecule has 1 aromatic carbocycles. The third-order valence-electron chi connectivity index (χ3n) is 2.70. The van der Waals surface area contributed by atoms with Crippen LogP contribution >= 0.6 is 27.5 Å². The summed E-state index contributed by atoms with van der Waals surface area (Å²) in [6.45, 7) is 2.03. The maximum absolute atomic E-state index is 5.91. The van der Waals surface area contributed by atoms with Gasteiger partial charge in [-0.25, -0.2) is 0 Å². The molecule has 0 saturated heterocycles. The molecule has 0 bridgehead atoms. The van der Waals surface area contributed by atoms with Gasteiger partial charge in [0.25, 0.3) is 0 Å². The topological polar surface area (TPSA) is 48.1 Å². The SMILES string of the molecule is CCC(N)c1ccc(Oc2ccc(Cl)cc2Br)cn1. The number of ether oxygens (including phenoxy) is 1. The highest BCUT2D eigenvalue weighted by molar-refractivity contribution is 9.10. The Labute approximate surface area is 125 Å². The fraction of sp³-hybridized carbons (Fsp3) is 0.214. The number of nitrogens with zero attached hydrogens (tertiary/aromatic N) is 1. The molecule has 1 unspecified atom stereocenters. The number of halogens is 2. The molecule has 0 saturated carbocycles. The molecule has 2 N–H and O–H groups in total. The van der Waals surface area contributed by atoms with Gasteiger partial charge in [-0.2, -0.15) is 0 Å². The standard InChI is InChI=1S/C14H14BrClN2O/c1-2-12(17)13-5-4-10(8-18-13)19-14-6-3-9(16)7-11(14)15/h3-8,12H,2,17H2,1H3. The van der Waals surface area contributed by atoms with Crippen LogP contribution in [0.1, 0.15) is 25.1 Å². The summed E-state index contributed by atoms with van der Waals surface area (Å²) in [5.41, 5.74) is 6.78. The Kier molecular flexibility index (Phi) is 4.80. The lowest BCUT2D eigenvalue weighted by Gasteiger charge is -2.10. The lowest BCUT2D eigenvalue weighted by atomic mass is 10.1. The van der Waals surface area contributed by atoms with Crippen molar-refractivity contribution >= 4 is 27.5 Å². The molecular formula is C14H14BrClN2O. The van der Waals surface area contributed by atoms with Crippen LogP contribution in [0.3, 0.4) is 0 Å². The van der Waals surface area contributed by atoms with Gasteiger partial charge in [0.15, 0.2) is 0 Å². The van der Waals surface area contributed by atoms with Crippen molar-refractivity contribution in [1.82, 2.24) is 4.98 Å². The predicted octanol–water partition coefficient (Wildman–Crippen LogP) is 4.70. The van der Waals surface area contributed by atoms with Gasteiger partial charge in [-0.1, -0.05) is 18.5 Å². The molecule has 5 heteroatoms. The molecule has 0 aliphatic rings. The van der Waals surface area contributed by atoms with Crippen molar-refractivity contribution in [3.05, 3.63) is 51.7 Å². The molecule has 100 valence electrons. The number of rotatable bonds is 4. The van der Waals surface area contributed by atoms with Gasteiger partial charge in [0, 0.05) is 11.1 Å².